The van der Waals surface area contributed by atoms with Crippen LogP contribution in [0.3, 0.4) is 0 Å². The first-order valence-electron chi connectivity index (χ1n) is 7.30. The molecule has 1 heterocycles. The highest BCUT2D eigenvalue weighted by Gasteiger charge is 2.27. The third-order valence-corrected chi connectivity index (χ3v) is 4.20. The van der Waals surface area contributed by atoms with E-state index >= 15 is 0 Å². The second-order valence-corrected chi connectivity index (χ2v) is 5.66. The molecule has 0 radical (unpaired) electrons. The molecule has 1 atom stereocenters. The third-order valence-electron chi connectivity index (χ3n) is 4.20. The number of primary amides is 1. The summed E-state index contributed by atoms with van der Waals surface area (Å²) in [6.45, 7) is 5.55. The Hall–Kier alpha value is -0.610. The van der Waals surface area contributed by atoms with Crippen LogP contribution in [0.25, 0.3) is 0 Å². The molecule has 1 amide bonds. The van der Waals surface area contributed by atoms with Gasteiger partial charge in [-0.25, -0.2) is 0 Å². The Morgan fingerprint density at radius 3 is 2.33 bits per heavy atom. The highest BCUT2D eigenvalue weighted by Crippen LogP contribution is 2.15. The SMILES string of the molecule is CNC(C)(CCCCN1CCCCCC1)C(N)=O. The molecule has 1 rings (SSSR count). The number of nitrogens with zero attached hydrogens (tertiary/aromatic N) is 1. The number of amides is 1. The zero-order chi connectivity index (χ0) is 13.4. The normalized spacial score (nSPS) is 21.2. The number of likely N-dealkylation sites (N-methyl/N-ethyl adjacent to an activating group) is 1. The van der Waals surface area contributed by atoms with Gasteiger partial charge in [-0.05, 0) is 65.7 Å². The summed E-state index contributed by atoms with van der Waals surface area (Å²) in [5.74, 6) is -0.250. The number of likely N-dealkylation sites (tertiary alicyclic amines) is 1. The Morgan fingerprint density at radius 2 is 1.83 bits per heavy atom. The fraction of sp³-hybridized carbons (Fsp3) is 0.929. The number of nitrogens with two attached hydrogens (primary N) is 1. The van der Waals surface area contributed by atoms with Gasteiger partial charge in [0.05, 0.1) is 5.54 Å². The van der Waals surface area contributed by atoms with E-state index in [-0.39, 0.29) is 5.91 Å². The molecule has 0 aromatic rings. The second kappa shape index (κ2) is 7.74. The van der Waals surface area contributed by atoms with Crippen molar-refractivity contribution in [2.45, 2.75) is 57.4 Å². The van der Waals surface area contributed by atoms with Crippen LogP contribution >= 0.6 is 0 Å². The van der Waals surface area contributed by atoms with E-state index in [2.05, 4.69) is 10.2 Å². The van der Waals surface area contributed by atoms with Crippen LogP contribution in [0.4, 0.5) is 0 Å². The van der Waals surface area contributed by atoms with Crippen molar-refractivity contribution in [1.82, 2.24) is 10.2 Å². The van der Waals surface area contributed by atoms with Gasteiger partial charge in [0.1, 0.15) is 0 Å². The maximum atomic E-state index is 11.3. The van der Waals surface area contributed by atoms with E-state index in [9.17, 15) is 4.79 Å². The molecule has 0 aliphatic carbocycles. The van der Waals surface area contributed by atoms with Crippen molar-refractivity contribution in [3.05, 3.63) is 0 Å². The molecule has 0 aromatic carbocycles. The molecule has 4 nitrogen and oxygen atoms in total. The zero-order valence-electron chi connectivity index (χ0n) is 12.0. The van der Waals surface area contributed by atoms with Gasteiger partial charge in [-0.3, -0.25) is 4.79 Å². The van der Waals surface area contributed by atoms with Gasteiger partial charge < -0.3 is 16.0 Å². The minimum atomic E-state index is -0.543. The van der Waals surface area contributed by atoms with Gasteiger partial charge in [-0.1, -0.05) is 12.8 Å². The molecule has 1 aliphatic rings. The summed E-state index contributed by atoms with van der Waals surface area (Å²) in [6.07, 6.45) is 8.49. The van der Waals surface area contributed by atoms with Crippen LogP contribution in [-0.4, -0.2) is 43.0 Å². The predicted molar refractivity (Wildman–Crippen MR) is 75.4 cm³/mol. The Labute approximate surface area is 111 Å². The Kier molecular flexibility index (Phi) is 6.65. The van der Waals surface area contributed by atoms with E-state index in [0.717, 1.165) is 19.3 Å². The van der Waals surface area contributed by atoms with Crippen molar-refractivity contribution in [3.8, 4) is 0 Å². The van der Waals surface area contributed by atoms with Gasteiger partial charge in [0.15, 0.2) is 0 Å². The van der Waals surface area contributed by atoms with Crippen LogP contribution in [0.2, 0.25) is 0 Å². The largest absolute Gasteiger partial charge is 0.368 e. The van der Waals surface area contributed by atoms with Gasteiger partial charge >= 0.3 is 0 Å². The van der Waals surface area contributed by atoms with Crippen LogP contribution in [0.15, 0.2) is 0 Å². The fourth-order valence-corrected chi connectivity index (χ4v) is 2.55. The average Bonchev–Trinajstić information content (AvgIpc) is 2.62. The van der Waals surface area contributed by atoms with Crippen LogP contribution in [-0.2, 0) is 4.79 Å². The quantitative estimate of drug-likeness (QED) is 0.678. The Morgan fingerprint density at radius 1 is 1.22 bits per heavy atom. The molecule has 0 saturated carbocycles. The molecular weight excluding hydrogens is 226 g/mol. The summed E-state index contributed by atoms with van der Waals surface area (Å²) in [5.41, 5.74) is 4.87. The molecule has 4 heteroatoms. The van der Waals surface area contributed by atoms with Gasteiger partial charge in [0.2, 0.25) is 5.91 Å². The molecule has 0 spiro atoms. The summed E-state index contributed by atoms with van der Waals surface area (Å²) >= 11 is 0. The summed E-state index contributed by atoms with van der Waals surface area (Å²) in [5, 5.41) is 3.04. The first-order chi connectivity index (χ1) is 8.58. The topological polar surface area (TPSA) is 58.4 Å². The average molecular weight is 255 g/mol. The lowest BCUT2D eigenvalue weighted by Gasteiger charge is -2.26. The van der Waals surface area contributed by atoms with Crippen molar-refractivity contribution in [2.24, 2.45) is 5.73 Å². The maximum absolute atomic E-state index is 11.3. The van der Waals surface area contributed by atoms with Crippen molar-refractivity contribution in [2.75, 3.05) is 26.7 Å². The summed E-state index contributed by atoms with van der Waals surface area (Å²) in [7, 11) is 1.81. The molecule has 1 saturated heterocycles. The summed E-state index contributed by atoms with van der Waals surface area (Å²) < 4.78 is 0. The van der Waals surface area contributed by atoms with E-state index in [1.54, 1.807) is 7.05 Å². The molecule has 0 aromatic heterocycles. The van der Waals surface area contributed by atoms with Gasteiger partial charge in [0, 0.05) is 0 Å². The number of hydrogen-bond donors (Lipinski definition) is 2. The van der Waals surface area contributed by atoms with E-state index < -0.39 is 5.54 Å². The van der Waals surface area contributed by atoms with Crippen molar-refractivity contribution in [1.29, 1.82) is 0 Å². The number of rotatable bonds is 7. The van der Waals surface area contributed by atoms with E-state index in [1.807, 2.05) is 6.92 Å². The van der Waals surface area contributed by atoms with Crippen LogP contribution in [0.5, 0.6) is 0 Å². The van der Waals surface area contributed by atoms with Crippen molar-refractivity contribution in [3.63, 3.8) is 0 Å². The van der Waals surface area contributed by atoms with Crippen molar-refractivity contribution >= 4 is 5.91 Å². The van der Waals surface area contributed by atoms with E-state index in [4.69, 9.17) is 5.73 Å². The van der Waals surface area contributed by atoms with E-state index in [0.29, 0.717) is 0 Å². The predicted octanol–water partition coefficient (Wildman–Crippen LogP) is 1.50. The lowest BCUT2D eigenvalue weighted by atomic mass is 9.94. The molecule has 1 aliphatic heterocycles. The number of unbranched alkanes of at least 4 members (excludes halogenated alkanes) is 1. The zero-order valence-corrected chi connectivity index (χ0v) is 12.0. The molecule has 1 fully saturated rings. The smallest absolute Gasteiger partial charge is 0.237 e. The van der Waals surface area contributed by atoms with Gasteiger partial charge in [-0.2, -0.15) is 0 Å². The standard InChI is InChI=1S/C14H29N3O/c1-14(16-2,13(15)18)9-5-8-12-17-10-6-3-4-7-11-17/h16H,3-12H2,1-2H3,(H2,15,18). The molecule has 0 bridgehead atoms. The first kappa shape index (κ1) is 15.4. The third kappa shape index (κ3) is 4.94. The summed E-state index contributed by atoms with van der Waals surface area (Å²) in [4.78, 5) is 13.9. The molecule has 106 valence electrons. The monoisotopic (exact) mass is 255 g/mol. The first-order valence-corrected chi connectivity index (χ1v) is 7.30. The van der Waals surface area contributed by atoms with Crippen molar-refractivity contribution < 1.29 is 4.79 Å². The fourth-order valence-electron chi connectivity index (χ4n) is 2.55. The highest BCUT2D eigenvalue weighted by atomic mass is 16.1. The molecular formula is C14H29N3O. The highest BCUT2D eigenvalue weighted by molar-refractivity contribution is 5.84. The number of carbonyl (C=O) groups is 1. The second-order valence-electron chi connectivity index (χ2n) is 5.66. The Bertz CT molecular complexity index is 249. The lowest BCUT2D eigenvalue weighted by molar-refractivity contribution is -0.123. The van der Waals surface area contributed by atoms with Gasteiger partial charge in [-0.15, -0.1) is 0 Å². The minimum absolute atomic E-state index is 0.250. The molecule has 1 unspecified atom stereocenters. The minimum Gasteiger partial charge on any atom is -0.368 e. The number of carbonyl (C=O) groups excluding carboxylic acids is 1. The number of nitrogens with one attached hydrogen (secondary N) is 1. The molecule has 18 heavy (non-hydrogen) atoms. The van der Waals surface area contributed by atoms with Crippen LogP contribution in [0, 0.1) is 0 Å². The maximum Gasteiger partial charge on any atom is 0.237 e. The van der Waals surface area contributed by atoms with Crippen LogP contribution < -0.4 is 11.1 Å². The summed E-state index contributed by atoms with van der Waals surface area (Å²) in [6, 6.07) is 0. The van der Waals surface area contributed by atoms with Crippen LogP contribution in [0.1, 0.15) is 51.9 Å². The molecule has 3 N–H and O–H groups in total. The Balaban J connectivity index is 2.19. The lowest BCUT2D eigenvalue weighted by Crippen LogP contribution is -2.51. The van der Waals surface area contributed by atoms with Gasteiger partial charge in [0.25, 0.3) is 0 Å². The number of hydrogen-bond acceptors (Lipinski definition) is 3. The van der Waals surface area contributed by atoms with E-state index in [1.165, 1.54) is 45.3 Å².